The van der Waals surface area contributed by atoms with E-state index >= 15 is 0 Å². The Kier molecular flexibility index (Phi) is 5.88. The summed E-state index contributed by atoms with van der Waals surface area (Å²) in [5, 5.41) is 2.90. The lowest BCUT2D eigenvalue weighted by molar-refractivity contribution is 0.0926. The van der Waals surface area contributed by atoms with Gasteiger partial charge in [-0.3, -0.25) is 4.79 Å². The van der Waals surface area contributed by atoms with Crippen molar-refractivity contribution < 1.29 is 9.21 Å². The Morgan fingerprint density at radius 1 is 1.16 bits per heavy atom. The fourth-order valence-electron chi connectivity index (χ4n) is 3.05. The van der Waals surface area contributed by atoms with Gasteiger partial charge >= 0.3 is 0 Å². The minimum Gasteiger partial charge on any atom is -0.459 e. The molecule has 1 amide bonds. The van der Waals surface area contributed by atoms with Crippen molar-refractivity contribution in [2.75, 3.05) is 6.54 Å². The summed E-state index contributed by atoms with van der Waals surface area (Å²) < 4.78 is 7.41. The summed E-state index contributed by atoms with van der Waals surface area (Å²) in [5.41, 5.74) is 2.19. The smallest absolute Gasteiger partial charge is 0.286 e. The van der Waals surface area contributed by atoms with Gasteiger partial charge in [-0.1, -0.05) is 38.3 Å². The molecule has 132 valence electrons. The maximum absolute atomic E-state index is 12.0. The number of aromatic nitrogens is 2. The molecule has 0 aliphatic carbocycles. The Labute approximate surface area is 148 Å². The van der Waals surface area contributed by atoms with E-state index < -0.39 is 0 Å². The predicted octanol–water partition coefficient (Wildman–Crippen LogP) is 4.18. The Morgan fingerprint density at radius 2 is 2.04 bits per heavy atom. The molecule has 0 unspecified atom stereocenters. The quantitative estimate of drug-likeness (QED) is 0.595. The van der Waals surface area contributed by atoms with Crippen LogP contribution in [0.1, 0.15) is 49.0 Å². The van der Waals surface area contributed by atoms with Crippen LogP contribution in [0.5, 0.6) is 0 Å². The lowest BCUT2D eigenvalue weighted by Gasteiger charge is -2.09. The predicted molar refractivity (Wildman–Crippen MR) is 98.6 cm³/mol. The number of carbonyl (C=O) groups excluding carboxylic acids is 1. The number of imidazole rings is 1. The number of hydrogen-bond acceptors (Lipinski definition) is 3. The number of fused-ring (bicyclic) bond motifs is 1. The molecule has 0 spiro atoms. The van der Waals surface area contributed by atoms with Crippen molar-refractivity contribution in [2.45, 2.75) is 45.6 Å². The van der Waals surface area contributed by atoms with Crippen LogP contribution in [-0.2, 0) is 13.0 Å². The van der Waals surface area contributed by atoms with Crippen molar-refractivity contribution in [1.82, 2.24) is 14.9 Å². The number of benzene rings is 1. The van der Waals surface area contributed by atoms with Crippen LogP contribution in [0.15, 0.2) is 47.1 Å². The summed E-state index contributed by atoms with van der Waals surface area (Å²) in [4.78, 5) is 16.7. The van der Waals surface area contributed by atoms with Crippen molar-refractivity contribution in [3.05, 3.63) is 54.2 Å². The maximum Gasteiger partial charge on any atom is 0.286 e. The summed E-state index contributed by atoms with van der Waals surface area (Å²) in [6, 6.07) is 11.6. The largest absolute Gasteiger partial charge is 0.459 e. The van der Waals surface area contributed by atoms with Crippen molar-refractivity contribution in [1.29, 1.82) is 0 Å². The number of para-hydroxylation sites is 2. The van der Waals surface area contributed by atoms with Gasteiger partial charge < -0.3 is 14.3 Å². The van der Waals surface area contributed by atoms with E-state index in [1.165, 1.54) is 31.0 Å². The number of carbonyl (C=O) groups is 1. The summed E-state index contributed by atoms with van der Waals surface area (Å²) >= 11 is 0. The molecule has 25 heavy (non-hydrogen) atoms. The Balaban J connectivity index is 1.66. The molecule has 2 aromatic heterocycles. The number of hydrogen-bond donors (Lipinski definition) is 1. The molecule has 0 aliphatic heterocycles. The minimum atomic E-state index is -0.185. The molecule has 3 aromatic rings. The second kappa shape index (κ2) is 8.51. The third-order valence-corrected chi connectivity index (χ3v) is 4.35. The second-order valence-corrected chi connectivity index (χ2v) is 6.21. The highest BCUT2D eigenvalue weighted by molar-refractivity contribution is 5.91. The molecule has 5 heteroatoms. The third-order valence-electron chi connectivity index (χ3n) is 4.35. The summed E-state index contributed by atoms with van der Waals surface area (Å²) in [5.74, 6) is 1.18. The van der Waals surface area contributed by atoms with E-state index in [1.807, 2.05) is 12.1 Å². The van der Waals surface area contributed by atoms with Gasteiger partial charge in [0.15, 0.2) is 5.76 Å². The maximum atomic E-state index is 12.0. The first-order chi connectivity index (χ1) is 12.3. The van der Waals surface area contributed by atoms with Crippen LogP contribution in [0.3, 0.4) is 0 Å². The number of nitrogens with zero attached hydrogens (tertiary/aromatic N) is 2. The van der Waals surface area contributed by atoms with Gasteiger partial charge in [-0.05, 0) is 30.7 Å². The minimum absolute atomic E-state index is 0.185. The second-order valence-electron chi connectivity index (χ2n) is 6.21. The highest BCUT2D eigenvalue weighted by Gasteiger charge is 2.12. The third kappa shape index (κ3) is 4.29. The van der Waals surface area contributed by atoms with Crippen LogP contribution < -0.4 is 5.32 Å². The number of amides is 1. The Bertz CT molecular complexity index is 806. The van der Waals surface area contributed by atoms with E-state index in [1.54, 1.807) is 12.1 Å². The summed E-state index contributed by atoms with van der Waals surface area (Å²) in [7, 11) is 0. The van der Waals surface area contributed by atoms with Gasteiger partial charge in [0.25, 0.3) is 5.91 Å². The van der Waals surface area contributed by atoms with Gasteiger partial charge in [0, 0.05) is 19.5 Å². The fraction of sp³-hybridized carbons (Fsp3) is 0.400. The van der Waals surface area contributed by atoms with Gasteiger partial charge in [-0.15, -0.1) is 0 Å². The molecule has 1 aromatic carbocycles. The van der Waals surface area contributed by atoms with Gasteiger partial charge in [0.05, 0.1) is 17.3 Å². The van der Waals surface area contributed by atoms with Crippen molar-refractivity contribution >= 4 is 16.9 Å². The highest BCUT2D eigenvalue weighted by atomic mass is 16.3. The molecular weight excluding hydrogens is 314 g/mol. The van der Waals surface area contributed by atoms with E-state index in [-0.39, 0.29) is 5.91 Å². The molecule has 0 radical (unpaired) electrons. The molecule has 0 aliphatic rings. The number of rotatable bonds is 9. The average Bonchev–Trinajstić information content (AvgIpc) is 3.27. The van der Waals surface area contributed by atoms with Gasteiger partial charge in [-0.25, -0.2) is 4.98 Å². The highest BCUT2D eigenvalue weighted by Crippen LogP contribution is 2.17. The van der Waals surface area contributed by atoms with Crippen LogP contribution in [-0.4, -0.2) is 22.0 Å². The molecule has 0 saturated heterocycles. The van der Waals surface area contributed by atoms with E-state index in [0.717, 1.165) is 24.3 Å². The first-order valence-electron chi connectivity index (χ1n) is 9.05. The Morgan fingerprint density at radius 3 is 2.84 bits per heavy atom. The number of furan rings is 1. The van der Waals surface area contributed by atoms with E-state index in [0.29, 0.717) is 18.7 Å². The number of aryl methyl sites for hydroxylation is 1. The Hall–Kier alpha value is -2.56. The molecule has 0 fully saturated rings. The summed E-state index contributed by atoms with van der Waals surface area (Å²) in [6.45, 7) is 3.74. The van der Waals surface area contributed by atoms with Crippen molar-refractivity contribution in [2.24, 2.45) is 0 Å². The molecule has 0 bridgehead atoms. The molecule has 2 heterocycles. The monoisotopic (exact) mass is 339 g/mol. The van der Waals surface area contributed by atoms with Gasteiger partial charge in [0.1, 0.15) is 5.82 Å². The molecule has 0 atom stereocenters. The number of nitrogens with one attached hydrogen (secondary N) is 1. The van der Waals surface area contributed by atoms with Crippen LogP contribution in [0.25, 0.3) is 11.0 Å². The average molecular weight is 339 g/mol. The molecule has 5 nitrogen and oxygen atoms in total. The number of unbranched alkanes of at least 4 members (excludes halogenated alkanes) is 3. The van der Waals surface area contributed by atoms with E-state index in [9.17, 15) is 4.79 Å². The lowest BCUT2D eigenvalue weighted by atomic mass is 10.2. The van der Waals surface area contributed by atoms with Crippen molar-refractivity contribution in [3.8, 4) is 0 Å². The fourth-order valence-corrected chi connectivity index (χ4v) is 3.05. The zero-order chi connectivity index (χ0) is 17.5. The first-order valence-corrected chi connectivity index (χ1v) is 9.05. The SMILES string of the molecule is CCCCCCn1c(CCNC(=O)c2ccco2)nc2ccccc21. The van der Waals surface area contributed by atoms with E-state index in [4.69, 9.17) is 9.40 Å². The van der Waals surface area contributed by atoms with Crippen molar-refractivity contribution in [3.63, 3.8) is 0 Å². The molecule has 0 saturated carbocycles. The topological polar surface area (TPSA) is 60.1 Å². The van der Waals surface area contributed by atoms with Crippen LogP contribution in [0.4, 0.5) is 0 Å². The van der Waals surface area contributed by atoms with Gasteiger partial charge in [-0.2, -0.15) is 0 Å². The van der Waals surface area contributed by atoms with Crippen LogP contribution >= 0.6 is 0 Å². The zero-order valence-electron chi connectivity index (χ0n) is 14.7. The van der Waals surface area contributed by atoms with Gasteiger partial charge in [0.2, 0.25) is 0 Å². The molecular formula is C20H25N3O2. The lowest BCUT2D eigenvalue weighted by Crippen LogP contribution is -2.26. The van der Waals surface area contributed by atoms with Crippen LogP contribution in [0.2, 0.25) is 0 Å². The summed E-state index contributed by atoms with van der Waals surface area (Å²) in [6.07, 6.45) is 7.09. The standard InChI is InChI=1S/C20H25N3O2/c1-2-3-4-7-14-23-17-10-6-5-9-16(17)22-19(23)12-13-21-20(24)18-11-8-15-25-18/h5-6,8-11,15H,2-4,7,12-14H2,1H3,(H,21,24). The van der Waals surface area contributed by atoms with Crippen LogP contribution in [0, 0.1) is 0 Å². The molecule has 3 rings (SSSR count). The molecule has 1 N–H and O–H groups in total. The normalized spacial score (nSPS) is 11.1. The zero-order valence-corrected chi connectivity index (χ0v) is 14.7. The first kappa shape index (κ1) is 17.3. The van der Waals surface area contributed by atoms with E-state index in [2.05, 4.69) is 28.9 Å².